The van der Waals surface area contributed by atoms with E-state index in [0.717, 1.165) is 19.3 Å². The first-order valence-electron chi connectivity index (χ1n) is 7.55. The van der Waals surface area contributed by atoms with Crippen LogP contribution in [0, 0.1) is 5.92 Å². The highest BCUT2D eigenvalue weighted by Gasteiger charge is 2.43. The Morgan fingerprint density at radius 1 is 1.12 bits per heavy atom. The lowest BCUT2D eigenvalue weighted by Gasteiger charge is -2.46. The third-order valence-electron chi connectivity index (χ3n) is 4.79. The normalized spacial score (nSPS) is 21.7. The summed E-state index contributed by atoms with van der Waals surface area (Å²) in [6.07, 6.45) is 6.87. The van der Waals surface area contributed by atoms with E-state index in [1.165, 1.54) is 32.4 Å². The summed E-state index contributed by atoms with van der Waals surface area (Å²) in [6, 6.07) is 0. The molecule has 0 aliphatic carbocycles. The van der Waals surface area contributed by atoms with Gasteiger partial charge in [0.25, 0.3) is 0 Å². The maximum atomic E-state index is 10.8. The Bertz CT molecular complexity index is 207. The molecule has 1 N–H and O–H groups in total. The van der Waals surface area contributed by atoms with Crippen LogP contribution >= 0.6 is 0 Å². The molecule has 1 aliphatic heterocycles. The molecule has 2 unspecified atom stereocenters. The van der Waals surface area contributed by atoms with E-state index in [-0.39, 0.29) is 11.6 Å². The summed E-state index contributed by atoms with van der Waals surface area (Å²) >= 11 is 0. The number of likely N-dealkylation sites (tertiary alicyclic amines) is 1. The number of aliphatic hydroxyl groups excluding tert-OH is 1. The smallest absolute Gasteiger partial charge is 0.0749 e. The molecule has 1 aliphatic rings. The second-order valence-corrected chi connectivity index (χ2v) is 5.72. The Balaban J connectivity index is 2.81. The first-order chi connectivity index (χ1) is 8.12. The summed E-state index contributed by atoms with van der Waals surface area (Å²) in [5.74, 6) is 0.417. The zero-order valence-corrected chi connectivity index (χ0v) is 12.2. The molecule has 0 aromatic heterocycles. The van der Waals surface area contributed by atoms with Gasteiger partial charge in [-0.25, -0.2) is 0 Å². The Hall–Kier alpha value is -0.0800. The number of hydrogen-bond donors (Lipinski definition) is 1. The second kappa shape index (κ2) is 6.75. The van der Waals surface area contributed by atoms with Crippen molar-refractivity contribution in [2.24, 2.45) is 5.92 Å². The fourth-order valence-corrected chi connectivity index (χ4v) is 3.61. The van der Waals surface area contributed by atoms with Crippen LogP contribution in [0.2, 0.25) is 0 Å². The van der Waals surface area contributed by atoms with Crippen molar-refractivity contribution >= 4 is 0 Å². The fourth-order valence-electron chi connectivity index (χ4n) is 3.61. The van der Waals surface area contributed by atoms with E-state index in [1.807, 2.05) is 0 Å². The van der Waals surface area contributed by atoms with Gasteiger partial charge >= 0.3 is 0 Å². The van der Waals surface area contributed by atoms with Crippen molar-refractivity contribution in [1.82, 2.24) is 4.90 Å². The number of aliphatic hydroxyl groups is 1. The molecule has 1 rings (SSSR count). The van der Waals surface area contributed by atoms with E-state index in [0.29, 0.717) is 5.92 Å². The maximum Gasteiger partial charge on any atom is 0.0749 e. The quantitative estimate of drug-likeness (QED) is 0.738. The van der Waals surface area contributed by atoms with Gasteiger partial charge in [0.1, 0.15) is 0 Å². The van der Waals surface area contributed by atoms with Gasteiger partial charge in [-0.15, -0.1) is 0 Å². The highest BCUT2D eigenvalue weighted by molar-refractivity contribution is 4.98. The Morgan fingerprint density at radius 3 is 2.06 bits per heavy atom. The zero-order chi connectivity index (χ0) is 12.9. The van der Waals surface area contributed by atoms with Crippen LogP contribution in [0.3, 0.4) is 0 Å². The fraction of sp³-hybridized carbons (Fsp3) is 1.00. The summed E-state index contributed by atoms with van der Waals surface area (Å²) < 4.78 is 0. The zero-order valence-electron chi connectivity index (χ0n) is 12.2. The van der Waals surface area contributed by atoms with E-state index in [9.17, 15) is 5.11 Å². The molecule has 1 fully saturated rings. The highest BCUT2D eigenvalue weighted by Crippen LogP contribution is 2.35. The third kappa shape index (κ3) is 3.03. The number of rotatable bonds is 7. The lowest BCUT2D eigenvalue weighted by atomic mass is 9.78. The van der Waals surface area contributed by atoms with Gasteiger partial charge < -0.3 is 5.11 Å². The van der Waals surface area contributed by atoms with Gasteiger partial charge in [0.2, 0.25) is 0 Å². The average Bonchev–Trinajstić information content (AvgIpc) is 2.86. The molecule has 0 saturated carbocycles. The summed E-state index contributed by atoms with van der Waals surface area (Å²) in [6.45, 7) is 11.3. The van der Waals surface area contributed by atoms with Crippen LogP contribution < -0.4 is 0 Å². The molecule has 2 atom stereocenters. The van der Waals surface area contributed by atoms with Gasteiger partial charge in [0, 0.05) is 5.54 Å². The summed E-state index contributed by atoms with van der Waals surface area (Å²) in [5.41, 5.74) is 0.0328. The number of nitrogens with zero attached hydrogens (tertiary/aromatic N) is 1. The summed E-state index contributed by atoms with van der Waals surface area (Å²) in [7, 11) is 0. The van der Waals surface area contributed by atoms with Gasteiger partial charge in [0.15, 0.2) is 0 Å². The molecule has 0 aromatic rings. The monoisotopic (exact) mass is 241 g/mol. The molecule has 2 nitrogen and oxygen atoms in total. The van der Waals surface area contributed by atoms with Crippen LogP contribution in [-0.2, 0) is 0 Å². The SMILES string of the molecule is CCCC(C)C(O)C(CC)(CC)N1CCCC1. The van der Waals surface area contributed by atoms with Gasteiger partial charge in [-0.2, -0.15) is 0 Å². The molecule has 0 radical (unpaired) electrons. The first kappa shape index (κ1) is 15.0. The minimum absolute atomic E-state index is 0.0328. The third-order valence-corrected chi connectivity index (χ3v) is 4.79. The van der Waals surface area contributed by atoms with Crippen molar-refractivity contribution in [1.29, 1.82) is 0 Å². The topological polar surface area (TPSA) is 23.5 Å². The predicted octanol–water partition coefficient (Wildman–Crippen LogP) is 3.44. The number of hydrogen-bond acceptors (Lipinski definition) is 2. The first-order valence-corrected chi connectivity index (χ1v) is 7.55. The second-order valence-electron chi connectivity index (χ2n) is 5.72. The van der Waals surface area contributed by atoms with Crippen LogP contribution in [0.5, 0.6) is 0 Å². The van der Waals surface area contributed by atoms with Crippen molar-refractivity contribution < 1.29 is 5.11 Å². The van der Waals surface area contributed by atoms with Crippen LogP contribution in [0.25, 0.3) is 0 Å². The van der Waals surface area contributed by atoms with Gasteiger partial charge in [-0.05, 0) is 51.1 Å². The molecule has 17 heavy (non-hydrogen) atoms. The van der Waals surface area contributed by atoms with Gasteiger partial charge in [-0.1, -0.05) is 34.1 Å². The summed E-state index contributed by atoms with van der Waals surface area (Å²) in [5, 5.41) is 10.8. The lowest BCUT2D eigenvalue weighted by molar-refractivity contribution is -0.0565. The van der Waals surface area contributed by atoms with Crippen LogP contribution in [0.15, 0.2) is 0 Å². The Morgan fingerprint density at radius 2 is 1.65 bits per heavy atom. The molecular formula is C15H31NO. The van der Waals surface area contributed by atoms with Crippen molar-refractivity contribution in [3.8, 4) is 0 Å². The van der Waals surface area contributed by atoms with Crippen molar-refractivity contribution in [3.05, 3.63) is 0 Å². The predicted molar refractivity (Wildman–Crippen MR) is 74.2 cm³/mol. The summed E-state index contributed by atoms with van der Waals surface area (Å²) in [4.78, 5) is 2.56. The standard InChI is InChI=1S/C15H31NO/c1-5-10-13(4)14(17)15(6-2,7-3)16-11-8-9-12-16/h13-14,17H,5-12H2,1-4H3. The molecule has 0 spiro atoms. The van der Waals surface area contributed by atoms with E-state index in [4.69, 9.17) is 0 Å². The Labute approximate surface area is 107 Å². The molecule has 102 valence electrons. The average molecular weight is 241 g/mol. The molecule has 0 amide bonds. The Kier molecular flexibility index (Phi) is 5.94. The highest BCUT2D eigenvalue weighted by atomic mass is 16.3. The largest absolute Gasteiger partial charge is 0.391 e. The molecule has 0 bridgehead atoms. The van der Waals surface area contributed by atoms with Crippen LogP contribution in [-0.4, -0.2) is 34.7 Å². The lowest BCUT2D eigenvalue weighted by Crippen LogP contribution is -2.57. The van der Waals surface area contributed by atoms with Crippen LogP contribution in [0.4, 0.5) is 0 Å². The molecule has 1 heterocycles. The van der Waals surface area contributed by atoms with E-state index in [1.54, 1.807) is 0 Å². The van der Waals surface area contributed by atoms with E-state index in [2.05, 4.69) is 32.6 Å². The molecule has 2 heteroatoms. The molecular weight excluding hydrogens is 210 g/mol. The molecule has 1 saturated heterocycles. The van der Waals surface area contributed by atoms with Gasteiger partial charge in [0.05, 0.1) is 6.10 Å². The molecule has 0 aromatic carbocycles. The van der Waals surface area contributed by atoms with Crippen molar-refractivity contribution in [3.63, 3.8) is 0 Å². The van der Waals surface area contributed by atoms with Crippen molar-refractivity contribution in [2.45, 2.75) is 77.9 Å². The minimum Gasteiger partial charge on any atom is -0.391 e. The van der Waals surface area contributed by atoms with Crippen LogP contribution in [0.1, 0.15) is 66.2 Å². The van der Waals surface area contributed by atoms with E-state index >= 15 is 0 Å². The van der Waals surface area contributed by atoms with E-state index < -0.39 is 0 Å². The van der Waals surface area contributed by atoms with Gasteiger partial charge in [-0.3, -0.25) is 4.90 Å². The van der Waals surface area contributed by atoms with Crippen molar-refractivity contribution in [2.75, 3.05) is 13.1 Å². The minimum atomic E-state index is -0.171. The maximum absolute atomic E-state index is 10.8.